The number of nitrogens with zero attached hydrogens (tertiary/aromatic N) is 1. The molecule has 4 nitrogen and oxygen atoms in total. The van der Waals surface area contributed by atoms with E-state index in [1.165, 1.54) is 7.11 Å². The number of hydrogen-bond donors (Lipinski definition) is 1. The van der Waals surface area contributed by atoms with Gasteiger partial charge in [0.2, 0.25) is 5.88 Å². The number of benzene rings is 1. The Morgan fingerprint density at radius 3 is 2.72 bits per heavy atom. The molecule has 2 rings (SSSR count). The molecule has 1 aromatic carbocycles. The molecule has 0 spiro atoms. The first-order valence-electron chi connectivity index (χ1n) is 5.15. The largest absolute Gasteiger partial charge is 0.480 e. The van der Waals surface area contributed by atoms with Crippen molar-refractivity contribution in [3.05, 3.63) is 46.6 Å². The monoisotopic (exact) mass is 307 g/mol. The van der Waals surface area contributed by atoms with E-state index in [1.807, 2.05) is 24.3 Å². The van der Waals surface area contributed by atoms with Gasteiger partial charge >= 0.3 is 5.97 Å². The number of carboxylic acid groups (broad SMARTS) is 1. The number of hydrogen-bond acceptors (Lipinski definition) is 3. The number of carbonyl (C=O) groups is 1. The Bertz CT molecular complexity index is 599. The molecule has 1 N–H and O–H groups in total. The summed E-state index contributed by atoms with van der Waals surface area (Å²) in [6.45, 7) is 0. The van der Waals surface area contributed by atoms with Crippen molar-refractivity contribution in [3.63, 3.8) is 0 Å². The van der Waals surface area contributed by atoms with E-state index >= 15 is 0 Å². The molecule has 92 valence electrons. The highest BCUT2D eigenvalue weighted by Gasteiger charge is 2.13. The van der Waals surface area contributed by atoms with Crippen molar-refractivity contribution in [1.82, 2.24) is 4.98 Å². The summed E-state index contributed by atoms with van der Waals surface area (Å²) in [7, 11) is 1.40. The van der Waals surface area contributed by atoms with E-state index in [0.717, 1.165) is 15.6 Å². The predicted octanol–water partition coefficient (Wildman–Crippen LogP) is 3.22. The summed E-state index contributed by atoms with van der Waals surface area (Å²) in [5.74, 6) is -0.947. The second-order valence-electron chi connectivity index (χ2n) is 3.60. The number of halogens is 1. The van der Waals surface area contributed by atoms with Gasteiger partial charge in [-0.05, 0) is 23.8 Å². The Balaban J connectivity index is 2.53. The number of ether oxygens (including phenoxy) is 1. The molecule has 0 fully saturated rings. The summed E-state index contributed by atoms with van der Waals surface area (Å²) in [5, 5.41) is 9.09. The molecule has 5 heteroatoms. The van der Waals surface area contributed by atoms with Gasteiger partial charge in [-0.2, -0.15) is 0 Å². The lowest BCUT2D eigenvalue weighted by Gasteiger charge is -2.07. The molecule has 0 saturated carbocycles. The number of pyridine rings is 1. The van der Waals surface area contributed by atoms with Crippen LogP contribution in [0.25, 0.3) is 11.1 Å². The van der Waals surface area contributed by atoms with Gasteiger partial charge in [-0.25, -0.2) is 9.78 Å². The van der Waals surface area contributed by atoms with Gasteiger partial charge in [0.15, 0.2) is 0 Å². The molecule has 0 bridgehead atoms. The normalized spacial score (nSPS) is 10.1. The zero-order chi connectivity index (χ0) is 13.1. The fourth-order valence-corrected chi connectivity index (χ4v) is 1.99. The van der Waals surface area contributed by atoms with Crippen molar-refractivity contribution in [2.45, 2.75) is 0 Å². The van der Waals surface area contributed by atoms with Crippen LogP contribution >= 0.6 is 15.9 Å². The molecule has 0 radical (unpaired) electrons. The summed E-state index contributed by atoms with van der Waals surface area (Å²) < 4.78 is 5.84. The standard InChI is InChI=1S/C13H10BrNO3/c1-18-12-11(13(16)17)6-9(7-15-12)8-3-2-4-10(14)5-8/h2-7H,1H3,(H,16,17). The van der Waals surface area contributed by atoms with Gasteiger partial charge in [0.05, 0.1) is 7.11 Å². The molecule has 18 heavy (non-hydrogen) atoms. The average molecular weight is 308 g/mol. The maximum atomic E-state index is 11.1. The molecule has 0 aliphatic rings. The molecule has 0 aliphatic carbocycles. The highest BCUT2D eigenvalue weighted by atomic mass is 79.9. The number of aromatic carboxylic acids is 1. The highest BCUT2D eigenvalue weighted by molar-refractivity contribution is 9.10. The fraction of sp³-hybridized carbons (Fsp3) is 0.0769. The van der Waals surface area contributed by atoms with Crippen LogP contribution < -0.4 is 4.74 Å². The van der Waals surface area contributed by atoms with E-state index in [9.17, 15) is 4.79 Å². The Kier molecular flexibility index (Phi) is 3.62. The zero-order valence-electron chi connectivity index (χ0n) is 9.55. The van der Waals surface area contributed by atoms with Crippen molar-refractivity contribution < 1.29 is 14.6 Å². The molecule has 1 aromatic heterocycles. The Morgan fingerprint density at radius 1 is 1.33 bits per heavy atom. The van der Waals surface area contributed by atoms with Crippen LogP contribution in [0.3, 0.4) is 0 Å². The summed E-state index contributed by atoms with van der Waals surface area (Å²) in [4.78, 5) is 15.1. The van der Waals surface area contributed by atoms with Crippen LogP contribution in [0.4, 0.5) is 0 Å². The maximum Gasteiger partial charge on any atom is 0.341 e. The van der Waals surface area contributed by atoms with Crippen LogP contribution in [0.15, 0.2) is 41.0 Å². The highest BCUT2D eigenvalue weighted by Crippen LogP contribution is 2.26. The average Bonchev–Trinajstić information content (AvgIpc) is 2.38. The lowest BCUT2D eigenvalue weighted by molar-refractivity contribution is 0.0692. The van der Waals surface area contributed by atoms with Gasteiger partial charge in [0.1, 0.15) is 5.56 Å². The summed E-state index contributed by atoms with van der Waals surface area (Å²) in [6.07, 6.45) is 1.59. The van der Waals surface area contributed by atoms with Gasteiger partial charge in [0, 0.05) is 16.2 Å². The number of aromatic nitrogens is 1. The molecule has 0 unspecified atom stereocenters. The molecule has 0 atom stereocenters. The third-order valence-electron chi connectivity index (χ3n) is 2.43. The van der Waals surface area contributed by atoms with Crippen LogP contribution in [0.5, 0.6) is 5.88 Å². The van der Waals surface area contributed by atoms with Gasteiger partial charge in [0.25, 0.3) is 0 Å². The van der Waals surface area contributed by atoms with Crippen molar-refractivity contribution >= 4 is 21.9 Å². The molecule has 0 saturated heterocycles. The van der Waals surface area contributed by atoms with E-state index in [2.05, 4.69) is 20.9 Å². The number of carboxylic acids is 1. The van der Waals surface area contributed by atoms with E-state index in [4.69, 9.17) is 9.84 Å². The zero-order valence-corrected chi connectivity index (χ0v) is 11.1. The van der Waals surface area contributed by atoms with E-state index in [-0.39, 0.29) is 11.4 Å². The Hall–Kier alpha value is -1.88. The van der Waals surface area contributed by atoms with Crippen LogP contribution in [0.2, 0.25) is 0 Å². The van der Waals surface area contributed by atoms with Gasteiger partial charge in [-0.15, -0.1) is 0 Å². The minimum Gasteiger partial charge on any atom is -0.480 e. The lowest BCUT2D eigenvalue weighted by atomic mass is 10.1. The minimum atomic E-state index is -1.06. The van der Waals surface area contributed by atoms with E-state index < -0.39 is 5.97 Å². The van der Waals surface area contributed by atoms with Crippen molar-refractivity contribution in [2.75, 3.05) is 7.11 Å². The molecule has 0 amide bonds. The quantitative estimate of drug-likeness (QED) is 0.946. The lowest BCUT2D eigenvalue weighted by Crippen LogP contribution is -2.02. The van der Waals surface area contributed by atoms with Crippen LogP contribution in [-0.2, 0) is 0 Å². The second-order valence-corrected chi connectivity index (χ2v) is 4.51. The summed E-state index contributed by atoms with van der Waals surface area (Å²) >= 11 is 3.37. The predicted molar refractivity (Wildman–Crippen MR) is 70.9 cm³/mol. The molecule has 0 aliphatic heterocycles. The number of rotatable bonds is 3. The van der Waals surface area contributed by atoms with Crippen LogP contribution in [-0.4, -0.2) is 23.2 Å². The topological polar surface area (TPSA) is 59.4 Å². The first kappa shape index (κ1) is 12.6. The third-order valence-corrected chi connectivity index (χ3v) is 2.93. The Labute approximate surface area is 112 Å². The van der Waals surface area contributed by atoms with Crippen LogP contribution in [0, 0.1) is 0 Å². The minimum absolute atomic E-state index is 0.0509. The molecular weight excluding hydrogens is 298 g/mol. The summed E-state index contributed by atoms with van der Waals surface area (Å²) in [5.41, 5.74) is 1.67. The first-order chi connectivity index (χ1) is 8.61. The maximum absolute atomic E-state index is 11.1. The van der Waals surface area contributed by atoms with Crippen molar-refractivity contribution in [2.24, 2.45) is 0 Å². The number of methoxy groups -OCH3 is 1. The fourth-order valence-electron chi connectivity index (χ4n) is 1.59. The van der Waals surface area contributed by atoms with Gasteiger partial charge in [-0.3, -0.25) is 0 Å². The van der Waals surface area contributed by atoms with Crippen LogP contribution in [0.1, 0.15) is 10.4 Å². The molecule has 2 aromatic rings. The Morgan fingerprint density at radius 2 is 2.11 bits per heavy atom. The van der Waals surface area contributed by atoms with Gasteiger partial charge in [-0.1, -0.05) is 28.1 Å². The van der Waals surface area contributed by atoms with Gasteiger partial charge < -0.3 is 9.84 Å². The van der Waals surface area contributed by atoms with Crippen molar-refractivity contribution in [3.8, 4) is 17.0 Å². The molecule has 1 heterocycles. The second kappa shape index (κ2) is 5.18. The third kappa shape index (κ3) is 2.51. The van der Waals surface area contributed by atoms with E-state index in [0.29, 0.717) is 0 Å². The van der Waals surface area contributed by atoms with E-state index in [1.54, 1.807) is 12.3 Å². The SMILES string of the molecule is COc1ncc(-c2cccc(Br)c2)cc1C(=O)O. The smallest absolute Gasteiger partial charge is 0.341 e. The van der Waals surface area contributed by atoms with Crippen molar-refractivity contribution in [1.29, 1.82) is 0 Å². The summed E-state index contributed by atoms with van der Waals surface area (Å²) in [6, 6.07) is 9.12. The molecular formula is C13H10BrNO3. The first-order valence-corrected chi connectivity index (χ1v) is 5.94.